The Balaban J connectivity index is 1.62. The van der Waals surface area contributed by atoms with Crippen LogP contribution in [0.1, 0.15) is 34.1 Å². The highest BCUT2D eigenvalue weighted by molar-refractivity contribution is 6.07. The number of carbonyl (C=O) groups is 1. The normalized spacial score (nSPS) is 10.9. The molecule has 2 heterocycles. The number of esters is 1. The molecule has 9 nitrogen and oxygen atoms in total. The molecule has 9 heteroatoms. The highest BCUT2D eigenvalue weighted by Crippen LogP contribution is 2.36. The number of methoxy groups -OCH3 is 1. The monoisotopic (exact) mass is 575 g/mol. The third-order valence-electron chi connectivity index (χ3n) is 6.89. The van der Waals surface area contributed by atoms with Gasteiger partial charge in [-0.05, 0) is 88.6 Å². The maximum absolute atomic E-state index is 13.4. The number of rotatable bonds is 10. The molecule has 0 spiro atoms. The zero-order valence-electron chi connectivity index (χ0n) is 24.8. The predicted octanol–water partition coefficient (Wildman–Crippen LogP) is 6.99. The van der Waals surface area contributed by atoms with E-state index in [9.17, 15) is 10.1 Å². The van der Waals surface area contributed by atoms with Gasteiger partial charge in [0.2, 0.25) is 5.88 Å². The molecular weight excluding hydrogens is 542 g/mol. The van der Waals surface area contributed by atoms with Crippen molar-refractivity contribution in [3.8, 4) is 29.1 Å². The van der Waals surface area contributed by atoms with Crippen LogP contribution in [0.3, 0.4) is 0 Å². The Labute approximate surface area is 250 Å². The van der Waals surface area contributed by atoms with Crippen molar-refractivity contribution in [3.63, 3.8) is 0 Å². The number of pyridine rings is 1. The van der Waals surface area contributed by atoms with Crippen molar-refractivity contribution in [2.75, 3.05) is 33.1 Å². The first-order chi connectivity index (χ1) is 20.8. The van der Waals surface area contributed by atoms with Gasteiger partial charge in [0.15, 0.2) is 0 Å². The fraction of sp³-hybridized carbons (Fsp3) is 0.206. The van der Waals surface area contributed by atoms with E-state index in [4.69, 9.17) is 14.2 Å². The van der Waals surface area contributed by atoms with Crippen LogP contribution in [0.4, 0.5) is 11.4 Å². The van der Waals surface area contributed by atoms with E-state index in [1.165, 1.54) is 0 Å². The van der Waals surface area contributed by atoms with Crippen LogP contribution < -0.4 is 14.8 Å². The summed E-state index contributed by atoms with van der Waals surface area (Å²) in [7, 11) is 5.53. The second-order valence-electron chi connectivity index (χ2n) is 10.2. The number of anilines is 2. The molecule has 5 rings (SSSR count). The summed E-state index contributed by atoms with van der Waals surface area (Å²) in [6.45, 7) is 4.52. The fourth-order valence-corrected chi connectivity index (χ4v) is 4.93. The summed E-state index contributed by atoms with van der Waals surface area (Å²) in [5.74, 6) is 0.891. The maximum atomic E-state index is 13.4. The van der Waals surface area contributed by atoms with Crippen LogP contribution in [0.15, 0.2) is 79.0 Å². The number of hydrogen-bond acceptors (Lipinski definition) is 8. The van der Waals surface area contributed by atoms with Crippen LogP contribution in [-0.2, 0) is 11.3 Å². The number of nitriles is 1. The molecule has 0 saturated heterocycles. The smallest absolute Gasteiger partial charge is 0.340 e. The number of hydrogen-bond donors (Lipinski definition) is 1. The average molecular weight is 576 g/mol. The molecule has 0 atom stereocenters. The number of carbonyl (C=O) groups excluding carboxylic acids is 1. The molecular formula is C34H33N5O4. The summed E-state index contributed by atoms with van der Waals surface area (Å²) in [4.78, 5) is 19.8. The van der Waals surface area contributed by atoms with Crippen LogP contribution in [-0.4, -0.2) is 48.2 Å². The molecule has 0 aliphatic heterocycles. The quantitative estimate of drug-likeness (QED) is 0.178. The Bertz CT molecular complexity index is 1800. The van der Waals surface area contributed by atoms with E-state index in [1.54, 1.807) is 38.4 Å². The minimum atomic E-state index is -0.422. The van der Waals surface area contributed by atoms with Gasteiger partial charge in [-0.15, -0.1) is 0 Å². The Morgan fingerprint density at radius 1 is 1.02 bits per heavy atom. The number of nitrogens with zero attached hydrogens (tertiary/aromatic N) is 4. The van der Waals surface area contributed by atoms with Crippen molar-refractivity contribution in [1.29, 1.82) is 5.26 Å². The Morgan fingerprint density at radius 3 is 2.40 bits per heavy atom. The Morgan fingerprint density at radius 2 is 1.74 bits per heavy atom. The van der Waals surface area contributed by atoms with Gasteiger partial charge in [0.25, 0.3) is 0 Å². The lowest BCUT2D eigenvalue weighted by atomic mass is 10.1. The van der Waals surface area contributed by atoms with Crippen molar-refractivity contribution in [1.82, 2.24) is 14.5 Å². The van der Waals surface area contributed by atoms with Crippen LogP contribution in [0, 0.1) is 18.3 Å². The van der Waals surface area contributed by atoms with E-state index in [2.05, 4.69) is 20.9 Å². The van der Waals surface area contributed by atoms with Gasteiger partial charge in [-0.3, -0.25) is 0 Å². The predicted molar refractivity (Wildman–Crippen MR) is 167 cm³/mol. The molecule has 0 bridgehead atoms. The van der Waals surface area contributed by atoms with Gasteiger partial charge >= 0.3 is 5.97 Å². The Hall–Kier alpha value is -5.33. The highest BCUT2D eigenvalue weighted by Gasteiger charge is 2.26. The first-order valence-electron chi connectivity index (χ1n) is 13.9. The molecule has 0 aliphatic rings. The number of aryl methyl sites for hydroxylation is 1. The summed E-state index contributed by atoms with van der Waals surface area (Å²) < 4.78 is 19.1. The lowest BCUT2D eigenvalue weighted by Crippen LogP contribution is -2.17. The maximum Gasteiger partial charge on any atom is 0.340 e. The van der Waals surface area contributed by atoms with E-state index in [1.807, 2.05) is 80.5 Å². The second kappa shape index (κ2) is 12.7. The van der Waals surface area contributed by atoms with Crippen molar-refractivity contribution < 1.29 is 19.0 Å². The Kier molecular flexibility index (Phi) is 8.60. The third kappa shape index (κ3) is 6.15. The summed E-state index contributed by atoms with van der Waals surface area (Å²) in [5, 5.41) is 14.0. The number of nitrogens with one attached hydrogen (secondary N) is 1. The highest BCUT2D eigenvalue weighted by atomic mass is 16.5. The first-order valence-corrected chi connectivity index (χ1v) is 13.9. The zero-order chi connectivity index (χ0) is 30.5. The van der Waals surface area contributed by atoms with Gasteiger partial charge in [0.05, 0.1) is 36.2 Å². The summed E-state index contributed by atoms with van der Waals surface area (Å²) >= 11 is 0. The molecule has 0 unspecified atom stereocenters. The molecule has 0 radical (unpaired) electrons. The fourth-order valence-electron chi connectivity index (χ4n) is 4.93. The van der Waals surface area contributed by atoms with Crippen LogP contribution in [0.25, 0.3) is 16.6 Å². The molecule has 2 aromatic heterocycles. The molecule has 218 valence electrons. The van der Waals surface area contributed by atoms with Gasteiger partial charge < -0.3 is 29.0 Å². The summed E-state index contributed by atoms with van der Waals surface area (Å²) in [6.07, 6.45) is 1.59. The van der Waals surface area contributed by atoms with Gasteiger partial charge in [-0.25, -0.2) is 9.78 Å². The molecule has 5 aromatic rings. The average Bonchev–Trinajstić information content (AvgIpc) is 3.31. The largest absolute Gasteiger partial charge is 0.497 e. The van der Waals surface area contributed by atoms with Crippen molar-refractivity contribution in [3.05, 3.63) is 101 Å². The molecule has 43 heavy (non-hydrogen) atoms. The summed E-state index contributed by atoms with van der Waals surface area (Å²) in [5.41, 5.74) is 5.72. The lowest BCUT2D eigenvalue weighted by Gasteiger charge is -2.16. The van der Waals surface area contributed by atoms with Gasteiger partial charge in [-0.1, -0.05) is 17.7 Å². The van der Waals surface area contributed by atoms with Crippen molar-refractivity contribution in [2.24, 2.45) is 0 Å². The standard InChI is InChI=1S/C34H33N5O4/c1-6-42-34(40)32-27-19-26(43-33-28(20-35)29(17-18-36-33)37-23-9-7-22(2)8-10-23)15-16-30(27)39(31(32)21-38(3)4)24-11-13-25(41-5)14-12-24/h7-19H,6,21H2,1-5H3,(H,36,37). The molecule has 0 saturated carbocycles. The van der Waals surface area contributed by atoms with E-state index in [0.29, 0.717) is 28.9 Å². The molecule has 0 amide bonds. The van der Waals surface area contributed by atoms with E-state index in [0.717, 1.165) is 33.9 Å². The minimum Gasteiger partial charge on any atom is -0.497 e. The van der Waals surface area contributed by atoms with Gasteiger partial charge in [0.1, 0.15) is 23.1 Å². The molecule has 0 aliphatic carbocycles. The number of fused-ring (bicyclic) bond motifs is 1. The van der Waals surface area contributed by atoms with Gasteiger partial charge in [0, 0.05) is 29.5 Å². The van der Waals surface area contributed by atoms with Crippen LogP contribution in [0.2, 0.25) is 0 Å². The molecule has 1 N–H and O–H groups in total. The minimum absolute atomic E-state index is 0.153. The molecule has 3 aromatic carbocycles. The topological polar surface area (TPSA) is 102 Å². The van der Waals surface area contributed by atoms with E-state index < -0.39 is 5.97 Å². The lowest BCUT2D eigenvalue weighted by molar-refractivity contribution is 0.0526. The zero-order valence-corrected chi connectivity index (χ0v) is 24.8. The first kappa shape index (κ1) is 29.2. The van der Waals surface area contributed by atoms with Crippen LogP contribution >= 0.6 is 0 Å². The number of benzene rings is 3. The summed E-state index contributed by atoms with van der Waals surface area (Å²) in [6, 6.07) is 25.0. The van der Waals surface area contributed by atoms with Crippen molar-refractivity contribution >= 4 is 28.2 Å². The molecule has 0 fully saturated rings. The second-order valence-corrected chi connectivity index (χ2v) is 10.2. The van der Waals surface area contributed by atoms with E-state index >= 15 is 0 Å². The van der Waals surface area contributed by atoms with E-state index in [-0.39, 0.29) is 18.1 Å². The third-order valence-corrected chi connectivity index (χ3v) is 6.89. The van der Waals surface area contributed by atoms with Crippen LogP contribution in [0.5, 0.6) is 17.4 Å². The number of ether oxygens (including phenoxy) is 3. The van der Waals surface area contributed by atoms with Crippen molar-refractivity contribution in [2.45, 2.75) is 20.4 Å². The number of aromatic nitrogens is 2. The SMILES string of the molecule is CCOC(=O)c1c(CN(C)C)n(-c2ccc(OC)cc2)c2ccc(Oc3nccc(Nc4ccc(C)cc4)c3C#N)cc12. The van der Waals surface area contributed by atoms with Gasteiger partial charge in [-0.2, -0.15) is 5.26 Å².